The molecule has 1 aliphatic heterocycles. The smallest absolute Gasteiger partial charge is 1.00 e. The molecule has 3 nitrogen and oxygen atoms in total. The molecule has 8 heteroatoms. The fraction of sp³-hybridized carbons (Fsp3) is 0.143. The van der Waals surface area contributed by atoms with E-state index in [-0.39, 0.29) is 52.7 Å². The zero-order chi connectivity index (χ0) is 10.5. The molecule has 0 saturated carbocycles. The third-order valence-corrected chi connectivity index (χ3v) is 5.95. The maximum atomic E-state index is 11.3. The summed E-state index contributed by atoms with van der Waals surface area (Å²) < 4.78 is 3.97. The molecule has 0 aromatic carbocycles. The number of carbonyl (C=O) groups is 1. The van der Waals surface area contributed by atoms with Crippen LogP contribution in [0.15, 0.2) is 24.5 Å². The molecule has 1 aliphatic carbocycles. The van der Waals surface area contributed by atoms with Crippen molar-refractivity contribution >= 4 is 113 Å². The fourth-order valence-electron chi connectivity index (χ4n) is 1.20. The molecular formula is C7H4Br4CaN2O. The molecule has 0 aromatic heterocycles. The Morgan fingerprint density at radius 3 is 2.53 bits per heavy atom. The van der Waals surface area contributed by atoms with Crippen LogP contribution in [0.1, 0.15) is 2.85 Å². The zero-order valence-electron chi connectivity index (χ0n) is 9.18. The number of allylic oxidation sites excluding steroid dienone is 2. The number of fused-ring (bicyclic) bond motifs is 1. The third kappa shape index (κ3) is 2.63. The van der Waals surface area contributed by atoms with Gasteiger partial charge in [0, 0.05) is 8.96 Å². The number of hydrogen-bond acceptors (Lipinski definition) is 1. The molecule has 0 aromatic rings. The second-order valence-corrected chi connectivity index (χ2v) is 5.88. The van der Waals surface area contributed by atoms with E-state index in [1.165, 1.54) is 3.93 Å². The van der Waals surface area contributed by atoms with E-state index in [1.54, 1.807) is 0 Å². The van der Waals surface area contributed by atoms with Gasteiger partial charge < -0.3 is 2.85 Å². The second kappa shape index (κ2) is 5.63. The molecule has 15 heavy (non-hydrogen) atoms. The number of hydrogen-bond donors (Lipinski definition) is 0. The molecule has 0 N–H and O–H groups in total. The van der Waals surface area contributed by atoms with Gasteiger partial charge in [-0.15, -0.1) is 0 Å². The molecule has 2 amide bonds. The average molecular weight is 492 g/mol. The van der Waals surface area contributed by atoms with E-state index in [2.05, 4.69) is 68.9 Å². The predicted molar refractivity (Wildman–Crippen MR) is 77.3 cm³/mol. The number of urea groups is 1. The van der Waals surface area contributed by atoms with Crippen molar-refractivity contribution in [2.24, 2.45) is 4.99 Å². The van der Waals surface area contributed by atoms with Crippen LogP contribution in [-0.4, -0.2) is 59.4 Å². The van der Waals surface area contributed by atoms with Crippen LogP contribution in [0.25, 0.3) is 0 Å². The molecular weight excluding hydrogens is 488 g/mol. The van der Waals surface area contributed by atoms with Gasteiger partial charge in [0.25, 0.3) is 0 Å². The van der Waals surface area contributed by atoms with E-state index in [9.17, 15) is 4.79 Å². The molecule has 0 radical (unpaired) electrons. The van der Waals surface area contributed by atoms with Gasteiger partial charge in [0.2, 0.25) is 0 Å². The van der Waals surface area contributed by atoms with E-state index < -0.39 is 0 Å². The second-order valence-electron chi connectivity index (χ2n) is 2.68. The van der Waals surface area contributed by atoms with E-state index in [4.69, 9.17) is 0 Å². The summed E-state index contributed by atoms with van der Waals surface area (Å²) in [5.41, 5.74) is 0.710. The first kappa shape index (κ1) is 14.9. The normalized spacial score (nSPS) is 24.7. The maximum Gasteiger partial charge on any atom is 2.00 e. The van der Waals surface area contributed by atoms with Crippen LogP contribution >= 0.6 is 63.9 Å². The van der Waals surface area contributed by atoms with Crippen LogP contribution in [-0.2, 0) is 0 Å². The minimum absolute atomic E-state index is 0. The van der Waals surface area contributed by atoms with Gasteiger partial charge >= 0.3 is 43.8 Å². The Labute approximate surface area is 153 Å². The first-order valence-corrected chi connectivity index (χ1v) is 6.62. The summed E-state index contributed by atoms with van der Waals surface area (Å²) in [5.74, 6) is 0. The SMILES string of the molecule is O=C1N=C2C(Br)=C(Br)C(Br)=CC2N1Br.[Ca+2].[H-].[H-]. The van der Waals surface area contributed by atoms with Crippen LogP contribution in [0.5, 0.6) is 0 Å². The van der Waals surface area contributed by atoms with Crippen LogP contribution in [0.3, 0.4) is 0 Å². The van der Waals surface area contributed by atoms with Gasteiger partial charge in [-0.2, -0.15) is 4.99 Å². The first-order chi connectivity index (χ1) is 6.52. The van der Waals surface area contributed by atoms with Crippen molar-refractivity contribution in [2.75, 3.05) is 0 Å². The maximum absolute atomic E-state index is 11.3. The minimum atomic E-state index is -0.291. The number of aliphatic imine (C=N–C) groups is 1. The summed E-state index contributed by atoms with van der Waals surface area (Å²) in [6.07, 6.45) is 1.90. The Kier molecular flexibility index (Phi) is 5.57. The van der Waals surface area contributed by atoms with E-state index in [0.29, 0.717) is 5.71 Å². The molecule has 2 aliphatic rings. The summed E-state index contributed by atoms with van der Waals surface area (Å²) in [7, 11) is 0. The first-order valence-electron chi connectivity index (χ1n) is 3.53. The monoisotopic (exact) mass is 488 g/mol. The quantitative estimate of drug-likeness (QED) is 0.376. The summed E-state index contributed by atoms with van der Waals surface area (Å²) in [6, 6.07) is -0.437. The van der Waals surface area contributed by atoms with Gasteiger partial charge in [0.15, 0.2) is 0 Å². The van der Waals surface area contributed by atoms with Gasteiger partial charge in [0.1, 0.15) is 6.04 Å². The molecule has 2 rings (SSSR count). The molecule has 0 bridgehead atoms. The predicted octanol–water partition coefficient (Wildman–Crippen LogP) is 3.68. The Hall–Kier alpha value is 1.80. The van der Waals surface area contributed by atoms with Crippen LogP contribution in [0.2, 0.25) is 0 Å². The Bertz CT molecular complexity index is 426. The number of nitrogens with zero attached hydrogens (tertiary/aromatic N) is 2. The molecule has 78 valence electrons. The van der Waals surface area contributed by atoms with E-state index in [0.717, 1.165) is 13.4 Å². The van der Waals surface area contributed by atoms with Crippen LogP contribution < -0.4 is 0 Å². The average Bonchev–Trinajstić information content (AvgIpc) is 2.42. The summed E-state index contributed by atoms with van der Waals surface area (Å²) in [5, 5.41) is 0. The third-order valence-electron chi connectivity index (χ3n) is 1.85. The van der Waals surface area contributed by atoms with Crippen LogP contribution in [0.4, 0.5) is 4.79 Å². The Balaban J connectivity index is 0. The number of rotatable bonds is 0. The van der Waals surface area contributed by atoms with Gasteiger partial charge in [-0.3, -0.25) is 0 Å². The molecule has 0 spiro atoms. The van der Waals surface area contributed by atoms with Crippen molar-refractivity contribution < 1.29 is 7.65 Å². The van der Waals surface area contributed by atoms with Crippen molar-refractivity contribution in [2.45, 2.75) is 6.04 Å². The number of carbonyl (C=O) groups excluding carboxylic acids is 1. The summed E-state index contributed by atoms with van der Waals surface area (Å²) in [6.45, 7) is 0. The topological polar surface area (TPSA) is 32.7 Å². The van der Waals surface area contributed by atoms with Gasteiger partial charge in [-0.05, 0) is 53.9 Å². The summed E-state index contributed by atoms with van der Waals surface area (Å²) in [4.78, 5) is 15.2. The zero-order valence-corrected chi connectivity index (χ0v) is 15.7. The molecule has 0 saturated heterocycles. The molecule has 0 fully saturated rings. The van der Waals surface area contributed by atoms with Gasteiger partial charge in [-0.25, -0.2) is 8.72 Å². The Morgan fingerprint density at radius 1 is 1.33 bits per heavy atom. The fourth-order valence-corrected chi connectivity index (χ4v) is 3.17. The molecule has 1 unspecified atom stereocenters. The van der Waals surface area contributed by atoms with Crippen LogP contribution in [0, 0.1) is 0 Å². The van der Waals surface area contributed by atoms with E-state index in [1.807, 2.05) is 6.08 Å². The van der Waals surface area contributed by atoms with Gasteiger partial charge in [0.05, 0.1) is 26.3 Å². The van der Waals surface area contributed by atoms with Crippen molar-refractivity contribution in [1.82, 2.24) is 3.93 Å². The van der Waals surface area contributed by atoms with Crippen molar-refractivity contribution in [3.8, 4) is 0 Å². The number of halogens is 4. The standard InChI is InChI=1S/C7H2Br4N2O.Ca.2H/c8-2-1-3-6(5(10)4(2)9)12-7(14)13(3)11;;;/h1,3H;;;/q;+2;2*-1. The minimum Gasteiger partial charge on any atom is -1.00 e. The van der Waals surface area contributed by atoms with Crippen molar-refractivity contribution in [3.63, 3.8) is 0 Å². The molecule has 1 atom stereocenters. The van der Waals surface area contributed by atoms with Crippen molar-refractivity contribution in [3.05, 3.63) is 19.5 Å². The summed E-state index contributed by atoms with van der Waals surface area (Å²) >= 11 is 13.3. The molecule has 1 heterocycles. The van der Waals surface area contributed by atoms with Crippen molar-refractivity contribution in [1.29, 1.82) is 0 Å². The largest absolute Gasteiger partial charge is 2.00 e. The van der Waals surface area contributed by atoms with Gasteiger partial charge in [-0.1, -0.05) is 0 Å². The number of amides is 2. The Morgan fingerprint density at radius 2 is 1.93 bits per heavy atom. The van der Waals surface area contributed by atoms with E-state index >= 15 is 0 Å².